The van der Waals surface area contributed by atoms with E-state index in [1.165, 1.54) is 12.0 Å². The van der Waals surface area contributed by atoms with Crippen molar-refractivity contribution in [2.24, 2.45) is 11.7 Å². The highest BCUT2D eigenvalue weighted by atomic mass is 79.9. The largest absolute Gasteiger partial charge is 0.339 e. The van der Waals surface area contributed by atoms with Crippen LogP contribution >= 0.6 is 15.9 Å². The van der Waals surface area contributed by atoms with Gasteiger partial charge in [0, 0.05) is 23.1 Å². The van der Waals surface area contributed by atoms with Gasteiger partial charge < -0.3 is 10.6 Å². The van der Waals surface area contributed by atoms with Gasteiger partial charge in [-0.05, 0) is 49.9 Å². The molecule has 0 bridgehead atoms. The molecule has 2 heterocycles. The number of piperidine rings is 1. The summed E-state index contributed by atoms with van der Waals surface area (Å²) in [6.07, 6.45) is 2.35. The number of nitrogens with zero attached hydrogens (tertiary/aromatic N) is 3. The Kier molecular flexibility index (Phi) is 4.26. The first-order chi connectivity index (χ1) is 10.2. The highest BCUT2D eigenvalue weighted by Gasteiger charge is 2.22. The van der Waals surface area contributed by atoms with Gasteiger partial charge in [-0.3, -0.25) is 5.10 Å². The maximum absolute atomic E-state index is 5.79. The second-order valence-electron chi connectivity index (χ2n) is 5.66. The average Bonchev–Trinajstić information content (AvgIpc) is 2.97. The first-order valence-electron chi connectivity index (χ1n) is 7.31. The molecule has 1 aliphatic heterocycles. The molecule has 1 saturated heterocycles. The maximum Gasteiger partial charge on any atom is 0.245 e. The van der Waals surface area contributed by atoms with Crippen molar-refractivity contribution in [2.75, 3.05) is 24.5 Å². The highest BCUT2D eigenvalue weighted by molar-refractivity contribution is 9.10. The van der Waals surface area contributed by atoms with Crippen molar-refractivity contribution < 1.29 is 0 Å². The topological polar surface area (TPSA) is 70.8 Å². The van der Waals surface area contributed by atoms with Crippen LogP contribution in [0.1, 0.15) is 18.4 Å². The fourth-order valence-corrected chi connectivity index (χ4v) is 3.45. The number of aryl methyl sites for hydroxylation is 1. The van der Waals surface area contributed by atoms with Crippen LogP contribution in [-0.2, 0) is 0 Å². The zero-order valence-corrected chi connectivity index (χ0v) is 13.7. The molecule has 2 aromatic rings. The standard InChI is InChI=1S/C15H20BrN5/c1-10-4-5-12(13(16)7-10)14-18-15(20-19-14)21-6-2-3-11(8-17)9-21/h4-5,7,11H,2-3,6,8-9,17H2,1H3,(H,18,19,20). The summed E-state index contributed by atoms with van der Waals surface area (Å²) in [6, 6.07) is 6.22. The molecule has 1 unspecified atom stereocenters. The summed E-state index contributed by atoms with van der Waals surface area (Å²) in [5, 5.41) is 7.43. The fraction of sp³-hybridized carbons (Fsp3) is 0.467. The minimum absolute atomic E-state index is 0.548. The molecular formula is C15H20BrN5. The Balaban J connectivity index is 1.83. The Bertz CT molecular complexity index is 624. The second kappa shape index (κ2) is 6.15. The first kappa shape index (κ1) is 14.5. The zero-order valence-electron chi connectivity index (χ0n) is 12.1. The Hall–Kier alpha value is -1.40. The fourth-order valence-electron chi connectivity index (χ4n) is 2.77. The number of nitrogens with two attached hydrogens (primary N) is 1. The molecule has 5 nitrogen and oxygen atoms in total. The Labute approximate surface area is 133 Å². The number of nitrogens with one attached hydrogen (secondary N) is 1. The summed E-state index contributed by atoms with van der Waals surface area (Å²) in [7, 11) is 0. The molecule has 21 heavy (non-hydrogen) atoms. The van der Waals surface area contributed by atoms with Crippen molar-refractivity contribution in [3.05, 3.63) is 28.2 Å². The molecule has 0 aliphatic carbocycles. The van der Waals surface area contributed by atoms with Crippen molar-refractivity contribution in [1.82, 2.24) is 15.2 Å². The lowest BCUT2D eigenvalue weighted by atomic mass is 9.99. The summed E-state index contributed by atoms with van der Waals surface area (Å²) < 4.78 is 1.03. The summed E-state index contributed by atoms with van der Waals surface area (Å²) in [6.45, 7) is 4.75. The lowest BCUT2D eigenvalue weighted by molar-refractivity contribution is 0.420. The van der Waals surface area contributed by atoms with E-state index in [4.69, 9.17) is 5.73 Å². The molecular weight excluding hydrogens is 330 g/mol. The number of aromatic nitrogens is 3. The molecule has 0 saturated carbocycles. The average molecular weight is 350 g/mol. The summed E-state index contributed by atoms with van der Waals surface area (Å²) in [5.74, 6) is 2.12. The van der Waals surface area contributed by atoms with Gasteiger partial charge in [-0.1, -0.05) is 22.0 Å². The van der Waals surface area contributed by atoms with Gasteiger partial charge >= 0.3 is 0 Å². The van der Waals surface area contributed by atoms with Crippen LogP contribution < -0.4 is 10.6 Å². The molecule has 6 heteroatoms. The Morgan fingerprint density at radius 1 is 1.48 bits per heavy atom. The van der Waals surface area contributed by atoms with Crippen molar-refractivity contribution in [1.29, 1.82) is 0 Å². The second-order valence-corrected chi connectivity index (χ2v) is 6.51. The van der Waals surface area contributed by atoms with Gasteiger partial charge in [-0.15, -0.1) is 5.10 Å². The van der Waals surface area contributed by atoms with Crippen LogP contribution in [0.4, 0.5) is 5.95 Å². The number of benzene rings is 1. The Morgan fingerprint density at radius 2 is 2.33 bits per heavy atom. The molecule has 0 amide bonds. The quantitative estimate of drug-likeness (QED) is 0.893. The van der Waals surface area contributed by atoms with Crippen molar-refractivity contribution >= 4 is 21.9 Å². The third-order valence-electron chi connectivity index (χ3n) is 3.99. The number of halogens is 1. The number of H-pyrrole nitrogens is 1. The van der Waals surface area contributed by atoms with E-state index in [2.05, 4.69) is 61.1 Å². The molecule has 1 aromatic carbocycles. The predicted molar refractivity (Wildman–Crippen MR) is 88.2 cm³/mol. The summed E-state index contributed by atoms with van der Waals surface area (Å²) in [4.78, 5) is 6.88. The van der Waals surface area contributed by atoms with Crippen LogP contribution in [0, 0.1) is 12.8 Å². The van der Waals surface area contributed by atoms with E-state index in [0.29, 0.717) is 5.92 Å². The Morgan fingerprint density at radius 3 is 3.10 bits per heavy atom. The van der Waals surface area contributed by atoms with Gasteiger partial charge in [0.05, 0.1) is 0 Å². The lowest BCUT2D eigenvalue weighted by Crippen LogP contribution is -2.38. The van der Waals surface area contributed by atoms with E-state index in [1.807, 2.05) is 0 Å². The molecule has 3 N–H and O–H groups in total. The van der Waals surface area contributed by atoms with Crippen LogP contribution in [0.15, 0.2) is 22.7 Å². The van der Waals surface area contributed by atoms with Gasteiger partial charge in [0.15, 0.2) is 5.82 Å². The smallest absolute Gasteiger partial charge is 0.245 e. The minimum atomic E-state index is 0.548. The molecule has 3 rings (SSSR count). The third kappa shape index (κ3) is 3.11. The summed E-state index contributed by atoms with van der Waals surface area (Å²) in [5.41, 5.74) is 8.04. The van der Waals surface area contributed by atoms with Crippen molar-refractivity contribution in [2.45, 2.75) is 19.8 Å². The van der Waals surface area contributed by atoms with E-state index >= 15 is 0 Å². The SMILES string of the molecule is Cc1ccc(-c2nc(N3CCCC(CN)C3)n[nH]2)c(Br)c1. The van der Waals surface area contributed by atoms with Gasteiger partial charge in [-0.25, -0.2) is 0 Å². The maximum atomic E-state index is 5.79. The zero-order chi connectivity index (χ0) is 14.8. The third-order valence-corrected chi connectivity index (χ3v) is 4.64. The lowest BCUT2D eigenvalue weighted by Gasteiger charge is -2.31. The van der Waals surface area contributed by atoms with Gasteiger partial charge in [0.2, 0.25) is 5.95 Å². The molecule has 1 aliphatic rings. The van der Waals surface area contributed by atoms with Crippen LogP contribution in [0.5, 0.6) is 0 Å². The first-order valence-corrected chi connectivity index (χ1v) is 8.10. The van der Waals surface area contributed by atoms with E-state index in [9.17, 15) is 0 Å². The van der Waals surface area contributed by atoms with E-state index in [1.54, 1.807) is 0 Å². The predicted octanol–water partition coefficient (Wildman–Crippen LogP) is 2.72. The molecule has 1 fully saturated rings. The number of hydrogen-bond acceptors (Lipinski definition) is 4. The van der Waals surface area contributed by atoms with Crippen LogP contribution in [0.3, 0.4) is 0 Å². The van der Waals surface area contributed by atoms with Crippen LogP contribution in [0.25, 0.3) is 11.4 Å². The number of aromatic amines is 1. The van der Waals surface area contributed by atoms with Crippen LogP contribution in [0.2, 0.25) is 0 Å². The number of anilines is 1. The van der Waals surface area contributed by atoms with Gasteiger partial charge in [-0.2, -0.15) is 4.98 Å². The van der Waals surface area contributed by atoms with E-state index in [0.717, 1.165) is 47.9 Å². The van der Waals surface area contributed by atoms with Crippen molar-refractivity contribution in [3.63, 3.8) is 0 Å². The normalized spacial score (nSPS) is 19.0. The van der Waals surface area contributed by atoms with E-state index in [-0.39, 0.29) is 0 Å². The minimum Gasteiger partial charge on any atom is -0.339 e. The van der Waals surface area contributed by atoms with Gasteiger partial charge in [0.1, 0.15) is 0 Å². The molecule has 1 aromatic heterocycles. The van der Waals surface area contributed by atoms with Gasteiger partial charge in [0.25, 0.3) is 0 Å². The van der Waals surface area contributed by atoms with E-state index < -0.39 is 0 Å². The number of hydrogen-bond donors (Lipinski definition) is 2. The summed E-state index contributed by atoms with van der Waals surface area (Å²) >= 11 is 3.59. The number of rotatable bonds is 3. The highest BCUT2D eigenvalue weighted by Crippen LogP contribution is 2.28. The molecule has 112 valence electrons. The molecule has 0 spiro atoms. The molecule has 1 atom stereocenters. The molecule has 0 radical (unpaired) electrons. The van der Waals surface area contributed by atoms with Crippen molar-refractivity contribution in [3.8, 4) is 11.4 Å². The van der Waals surface area contributed by atoms with Crippen LogP contribution in [-0.4, -0.2) is 34.8 Å². The monoisotopic (exact) mass is 349 g/mol.